The first-order valence-electron chi connectivity index (χ1n) is 5.03. The molecule has 0 aliphatic heterocycles. The number of anilines is 1. The lowest BCUT2D eigenvalue weighted by atomic mass is 10.1. The number of nitrogens with zero attached hydrogens (tertiary/aromatic N) is 1. The molecule has 0 spiro atoms. The van der Waals surface area contributed by atoms with Gasteiger partial charge in [0, 0.05) is 17.8 Å². The molecule has 0 fully saturated rings. The van der Waals surface area contributed by atoms with Gasteiger partial charge in [-0.3, -0.25) is 0 Å². The maximum Gasteiger partial charge on any atom is 0.219 e. The van der Waals surface area contributed by atoms with Gasteiger partial charge in [-0.2, -0.15) is 4.39 Å². The number of ether oxygens (including phenoxy) is 1. The highest BCUT2D eigenvalue weighted by atomic mass is 19.2. The summed E-state index contributed by atoms with van der Waals surface area (Å²) in [6.45, 7) is 1.09. The van der Waals surface area contributed by atoms with Gasteiger partial charge in [0.05, 0.1) is 0 Å². The van der Waals surface area contributed by atoms with Crippen molar-refractivity contribution >= 4 is 5.69 Å². The maximum atomic E-state index is 13.6. The quantitative estimate of drug-likeness (QED) is 0.661. The molecule has 2 rings (SSSR count). The Morgan fingerprint density at radius 2 is 1.83 bits per heavy atom. The molecule has 1 aromatic heterocycles. The van der Waals surface area contributed by atoms with Gasteiger partial charge in [0.15, 0.2) is 17.4 Å². The Hall–Kier alpha value is -2.24. The largest absolute Gasteiger partial charge is 0.434 e. The Bertz CT molecular complexity index is 559. The van der Waals surface area contributed by atoms with E-state index in [1.54, 1.807) is 12.1 Å². The van der Waals surface area contributed by atoms with Crippen LogP contribution in [0, 0.1) is 24.4 Å². The van der Waals surface area contributed by atoms with E-state index < -0.39 is 34.5 Å². The van der Waals surface area contributed by atoms with E-state index in [2.05, 4.69) is 4.98 Å². The first kappa shape index (κ1) is 12.2. The molecule has 2 N–H and O–H groups in total. The Labute approximate surface area is 101 Å². The molecule has 0 bridgehead atoms. The number of hydrogen-bond acceptors (Lipinski definition) is 3. The van der Waals surface area contributed by atoms with Crippen molar-refractivity contribution in [3.63, 3.8) is 0 Å². The fourth-order valence-corrected chi connectivity index (χ4v) is 1.39. The van der Waals surface area contributed by atoms with Gasteiger partial charge >= 0.3 is 0 Å². The van der Waals surface area contributed by atoms with Crippen LogP contribution in [0.2, 0.25) is 0 Å². The van der Waals surface area contributed by atoms with Crippen LogP contribution in [-0.4, -0.2) is 4.98 Å². The van der Waals surface area contributed by atoms with Crippen molar-refractivity contribution in [2.24, 2.45) is 0 Å². The number of rotatable bonds is 2. The first-order valence-corrected chi connectivity index (χ1v) is 5.03. The van der Waals surface area contributed by atoms with Crippen LogP contribution in [0.1, 0.15) is 5.56 Å². The zero-order valence-corrected chi connectivity index (χ0v) is 9.38. The van der Waals surface area contributed by atoms with Crippen molar-refractivity contribution in [3.8, 4) is 11.6 Å². The van der Waals surface area contributed by atoms with Crippen molar-refractivity contribution in [2.75, 3.05) is 5.73 Å². The lowest BCUT2D eigenvalue weighted by Gasteiger charge is -2.11. The van der Waals surface area contributed by atoms with Gasteiger partial charge in [-0.05, 0) is 13.0 Å². The number of aromatic nitrogens is 1. The molecule has 0 saturated heterocycles. The molecule has 18 heavy (non-hydrogen) atoms. The van der Waals surface area contributed by atoms with Crippen LogP contribution in [0.4, 0.5) is 18.9 Å². The van der Waals surface area contributed by atoms with Crippen molar-refractivity contribution in [1.29, 1.82) is 0 Å². The molecule has 0 unspecified atom stereocenters. The molecule has 0 aliphatic carbocycles. The van der Waals surface area contributed by atoms with E-state index in [-0.39, 0.29) is 5.88 Å². The Kier molecular flexibility index (Phi) is 3.10. The number of hydrogen-bond donors (Lipinski definition) is 1. The minimum absolute atomic E-state index is 0.00856. The summed E-state index contributed by atoms with van der Waals surface area (Å²) in [6, 6.07) is 4.61. The van der Waals surface area contributed by atoms with Crippen LogP contribution in [0.25, 0.3) is 0 Å². The van der Waals surface area contributed by atoms with E-state index in [1.165, 1.54) is 12.3 Å². The molecule has 3 nitrogen and oxygen atoms in total. The summed E-state index contributed by atoms with van der Waals surface area (Å²) in [6.07, 6.45) is 1.39. The highest BCUT2D eigenvalue weighted by molar-refractivity contribution is 5.57. The van der Waals surface area contributed by atoms with Crippen molar-refractivity contribution in [2.45, 2.75) is 6.92 Å². The van der Waals surface area contributed by atoms with Crippen LogP contribution in [0.5, 0.6) is 11.6 Å². The predicted molar refractivity (Wildman–Crippen MR) is 59.8 cm³/mol. The number of benzene rings is 1. The van der Waals surface area contributed by atoms with Crippen LogP contribution < -0.4 is 10.5 Å². The third-order valence-electron chi connectivity index (χ3n) is 2.38. The molecule has 0 radical (unpaired) electrons. The average Bonchev–Trinajstić information content (AvgIpc) is 2.40. The highest BCUT2D eigenvalue weighted by Gasteiger charge is 2.23. The smallest absolute Gasteiger partial charge is 0.219 e. The SMILES string of the molecule is Cc1c(F)c(N)c(Oc2ccccn2)c(F)c1F. The molecule has 0 atom stereocenters. The Morgan fingerprint density at radius 1 is 1.11 bits per heavy atom. The molecule has 2 aromatic rings. The average molecular weight is 254 g/mol. The third kappa shape index (κ3) is 1.97. The van der Waals surface area contributed by atoms with Gasteiger partial charge in [-0.1, -0.05) is 6.07 Å². The summed E-state index contributed by atoms with van der Waals surface area (Å²) in [5, 5.41) is 0. The van der Waals surface area contributed by atoms with E-state index in [0.717, 1.165) is 6.92 Å². The zero-order valence-electron chi connectivity index (χ0n) is 9.38. The van der Waals surface area contributed by atoms with Crippen LogP contribution >= 0.6 is 0 Å². The van der Waals surface area contributed by atoms with Crippen LogP contribution in [0.15, 0.2) is 24.4 Å². The molecule has 1 heterocycles. The van der Waals surface area contributed by atoms with Crippen molar-refractivity contribution < 1.29 is 17.9 Å². The summed E-state index contributed by atoms with van der Waals surface area (Å²) in [5.74, 6) is -4.41. The normalized spacial score (nSPS) is 10.4. The first-order chi connectivity index (χ1) is 8.52. The number of halogens is 3. The van der Waals surface area contributed by atoms with E-state index in [1.807, 2.05) is 0 Å². The topological polar surface area (TPSA) is 48.1 Å². The van der Waals surface area contributed by atoms with E-state index in [0.29, 0.717) is 0 Å². The predicted octanol–water partition coefficient (Wildman–Crippen LogP) is 3.18. The maximum absolute atomic E-state index is 13.6. The molecule has 0 saturated carbocycles. The van der Waals surface area contributed by atoms with Crippen LogP contribution in [-0.2, 0) is 0 Å². The lowest BCUT2D eigenvalue weighted by Crippen LogP contribution is -2.05. The van der Waals surface area contributed by atoms with Gasteiger partial charge in [0.2, 0.25) is 11.7 Å². The number of nitrogen functional groups attached to an aromatic ring is 1. The van der Waals surface area contributed by atoms with Gasteiger partial charge < -0.3 is 10.5 Å². The summed E-state index contributed by atoms with van der Waals surface area (Å²) in [7, 11) is 0. The van der Waals surface area contributed by atoms with Crippen molar-refractivity contribution in [1.82, 2.24) is 4.98 Å². The second kappa shape index (κ2) is 4.56. The molecule has 1 aromatic carbocycles. The lowest BCUT2D eigenvalue weighted by molar-refractivity contribution is 0.399. The third-order valence-corrected chi connectivity index (χ3v) is 2.38. The summed E-state index contributed by atoms with van der Waals surface area (Å²) >= 11 is 0. The van der Waals surface area contributed by atoms with E-state index >= 15 is 0 Å². The number of pyridine rings is 1. The molecule has 0 amide bonds. The zero-order chi connectivity index (χ0) is 13.3. The molecule has 0 aliphatic rings. The van der Waals surface area contributed by atoms with Crippen molar-refractivity contribution in [3.05, 3.63) is 47.4 Å². The summed E-state index contributed by atoms with van der Waals surface area (Å²) in [5.41, 5.74) is 4.29. The van der Waals surface area contributed by atoms with Gasteiger partial charge in [0.25, 0.3) is 0 Å². The second-order valence-corrected chi connectivity index (χ2v) is 3.58. The summed E-state index contributed by atoms with van der Waals surface area (Å²) in [4.78, 5) is 3.75. The molecular formula is C12H9F3N2O. The molecule has 6 heteroatoms. The fourth-order valence-electron chi connectivity index (χ4n) is 1.39. The molecular weight excluding hydrogens is 245 g/mol. The van der Waals surface area contributed by atoms with Crippen LogP contribution in [0.3, 0.4) is 0 Å². The minimum atomic E-state index is -1.34. The molecule has 94 valence electrons. The van der Waals surface area contributed by atoms with Gasteiger partial charge in [-0.15, -0.1) is 0 Å². The monoisotopic (exact) mass is 254 g/mol. The standard InChI is InChI=1S/C12H9F3N2O/c1-6-8(13)10(15)12(11(16)9(6)14)18-7-4-2-3-5-17-7/h2-5H,16H2,1H3. The minimum Gasteiger partial charge on any atom is -0.434 e. The Balaban J connectivity index is 2.52. The Morgan fingerprint density at radius 3 is 2.44 bits per heavy atom. The van der Waals surface area contributed by atoms with E-state index in [9.17, 15) is 13.2 Å². The highest BCUT2D eigenvalue weighted by Crippen LogP contribution is 2.35. The summed E-state index contributed by atoms with van der Waals surface area (Å²) < 4.78 is 45.4. The fraction of sp³-hybridized carbons (Fsp3) is 0.0833. The second-order valence-electron chi connectivity index (χ2n) is 3.58. The van der Waals surface area contributed by atoms with Gasteiger partial charge in [0.1, 0.15) is 5.69 Å². The van der Waals surface area contributed by atoms with Gasteiger partial charge in [-0.25, -0.2) is 13.8 Å². The number of nitrogens with two attached hydrogens (primary N) is 1. The van der Waals surface area contributed by atoms with E-state index in [4.69, 9.17) is 10.5 Å².